The van der Waals surface area contributed by atoms with Crippen molar-refractivity contribution >= 4 is 41.7 Å². The van der Waals surface area contributed by atoms with Gasteiger partial charge in [0.1, 0.15) is 5.75 Å². The van der Waals surface area contributed by atoms with Crippen molar-refractivity contribution in [2.24, 2.45) is 4.99 Å². The van der Waals surface area contributed by atoms with E-state index in [2.05, 4.69) is 65.2 Å². The Morgan fingerprint density at radius 2 is 1.64 bits per heavy atom. The number of aliphatic imine (C=N–C) groups is 1. The van der Waals surface area contributed by atoms with Crippen molar-refractivity contribution in [1.29, 1.82) is 0 Å². The van der Waals surface area contributed by atoms with Crippen molar-refractivity contribution in [2.75, 3.05) is 19.9 Å². The molecule has 0 unspecified atom stereocenters. The Labute approximate surface area is 171 Å². The first-order chi connectivity index (χ1) is 11.7. The molecule has 0 fully saturated rings. The number of methoxy groups -OCH3 is 1. The van der Waals surface area contributed by atoms with Crippen LogP contribution in [0.3, 0.4) is 0 Å². The Hall–Kier alpha value is -1.41. The summed E-state index contributed by atoms with van der Waals surface area (Å²) in [5.74, 6) is 1.69. The number of nitrogens with zero attached hydrogens (tertiary/aromatic N) is 1. The van der Waals surface area contributed by atoms with Gasteiger partial charge in [0.25, 0.3) is 0 Å². The predicted molar refractivity (Wildman–Crippen MR) is 118 cm³/mol. The summed E-state index contributed by atoms with van der Waals surface area (Å²) in [4.78, 5) is 5.92. The lowest BCUT2D eigenvalue weighted by molar-refractivity contribution is 0.414. The highest BCUT2D eigenvalue weighted by molar-refractivity contribution is 14.0. The smallest absolute Gasteiger partial charge is 0.191 e. The number of rotatable bonds is 7. The predicted octanol–water partition coefficient (Wildman–Crippen LogP) is 4.29. The van der Waals surface area contributed by atoms with E-state index in [0.717, 1.165) is 24.8 Å². The Kier molecular flexibility index (Phi) is 10.4. The number of guanidine groups is 1. The monoisotopic (exact) mass is 471 g/mol. The molecule has 2 aromatic carbocycles. The molecule has 2 N–H and O–H groups in total. The van der Waals surface area contributed by atoms with Crippen molar-refractivity contribution in [3.05, 3.63) is 59.7 Å². The van der Waals surface area contributed by atoms with Crippen LogP contribution in [0.1, 0.15) is 18.1 Å². The van der Waals surface area contributed by atoms with Crippen LogP contribution < -0.4 is 15.4 Å². The zero-order chi connectivity index (χ0) is 17.2. The zero-order valence-electron chi connectivity index (χ0n) is 14.9. The first-order valence-electron chi connectivity index (χ1n) is 8.03. The molecule has 2 aromatic rings. The molecule has 0 saturated heterocycles. The average Bonchev–Trinajstić information content (AvgIpc) is 2.65. The molecule has 0 bridgehead atoms. The summed E-state index contributed by atoms with van der Waals surface area (Å²) in [6, 6.07) is 16.6. The second kappa shape index (κ2) is 12.0. The first kappa shape index (κ1) is 21.6. The van der Waals surface area contributed by atoms with Gasteiger partial charge < -0.3 is 15.4 Å². The third-order valence-corrected chi connectivity index (χ3v) is 4.29. The highest BCUT2D eigenvalue weighted by Crippen LogP contribution is 2.15. The van der Waals surface area contributed by atoms with Gasteiger partial charge in [-0.25, -0.2) is 4.99 Å². The van der Waals surface area contributed by atoms with Gasteiger partial charge in [-0.1, -0.05) is 24.3 Å². The van der Waals surface area contributed by atoms with Gasteiger partial charge >= 0.3 is 0 Å². The van der Waals surface area contributed by atoms with Crippen LogP contribution in [0.4, 0.5) is 0 Å². The Morgan fingerprint density at radius 3 is 2.20 bits per heavy atom. The second-order valence-corrected chi connectivity index (χ2v) is 6.12. The molecule has 4 nitrogen and oxygen atoms in total. The summed E-state index contributed by atoms with van der Waals surface area (Å²) in [5.41, 5.74) is 2.39. The highest BCUT2D eigenvalue weighted by Gasteiger charge is 2.00. The van der Waals surface area contributed by atoms with Gasteiger partial charge in [-0.3, -0.25) is 0 Å². The van der Waals surface area contributed by atoms with Crippen LogP contribution in [0.5, 0.6) is 5.75 Å². The van der Waals surface area contributed by atoms with Gasteiger partial charge in [0.15, 0.2) is 5.96 Å². The van der Waals surface area contributed by atoms with E-state index in [0.29, 0.717) is 6.54 Å². The number of thioether (sulfide) groups is 1. The molecule has 0 aromatic heterocycles. The number of ether oxygens (including phenoxy) is 1. The third-order valence-electron chi connectivity index (χ3n) is 3.54. The van der Waals surface area contributed by atoms with Gasteiger partial charge in [0.2, 0.25) is 0 Å². The molecule has 0 aliphatic rings. The number of halogens is 1. The Morgan fingerprint density at radius 1 is 1.00 bits per heavy atom. The number of hydrogen-bond donors (Lipinski definition) is 2. The Bertz CT molecular complexity index is 645. The highest BCUT2D eigenvalue weighted by atomic mass is 127. The van der Waals surface area contributed by atoms with Crippen molar-refractivity contribution in [3.63, 3.8) is 0 Å². The van der Waals surface area contributed by atoms with E-state index < -0.39 is 0 Å². The third kappa shape index (κ3) is 7.56. The maximum Gasteiger partial charge on any atom is 0.191 e. The fraction of sp³-hybridized carbons (Fsp3) is 0.316. The van der Waals surface area contributed by atoms with Gasteiger partial charge in [0.05, 0.1) is 13.7 Å². The van der Waals surface area contributed by atoms with E-state index in [4.69, 9.17) is 4.74 Å². The summed E-state index contributed by atoms with van der Waals surface area (Å²) >= 11 is 1.75. The van der Waals surface area contributed by atoms with Gasteiger partial charge in [-0.05, 0) is 48.6 Å². The molecule has 0 saturated carbocycles. The molecule has 0 radical (unpaired) electrons. The summed E-state index contributed by atoms with van der Waals surface area (Å²) in [6.07, 6.45) is 2.08. The molecule has 0 aliphatic heterocycles. The molecule has 25 heavy (non-hydrogen) atoms. The van der Waals surface area contributed by atoms with Crippen LogP contribution >= 0.6 is 35.7 Å². The molecule has 0 atom stereocenters. The van der Waals surface area contributed by atoms with Crippen LogP contribution in [-0.4, -0.2) is 25.9 Å². The second-order valence-electron chi connectivity index (χ2n) is 5.24. The molecule has 0 spiro atoms. The normalized spacial score (nSPS) is 10.8. The van der Waals surface area contributed by atoms with E-state index in [1.165, 1.54) is 16.0 Å². The SMILES string of the molecule is CCNC(=NCc1ccc(SC)cc1)NCc1ccc(OC)cc1.I. The van der Waals surface area contributed by atoms with Crippen LogP contribution in [0.15, 0.2) is 58.4 Å². The number of hydrogen-bond acceptors (Lipinski definition) is 3. The molecule has 0 aliphatic carbocycles. The molecular weight excluding hydrogens is 445 g/mol. The topological polar surface area (TPSA) is 45.7 Å². The van der Waals surface area contributed by atoms with E-state index >= 15 is 0 Å². The minimum absolute atomic E-state index is 0. The van der Waals surface area contributed by atoms with E-state index in [-0.39, 0.29) is 24.0 Å². The van der Waals surface area contributed by atoms with Crippen LogP contribution in [0.2, 0.25) is 0 Å². The summed E-state index contributed by atoms with van der Waals surface area (Å²) in [6.45, 7) is 4.28. The Balaban J connectivity index is 0.00000312. The van der Waals surface area contributed by atoms with Gasteiger partial charge in [0, 0.05) is 18.0 Å². The first-order valence-corrected chi connectivity index (χ1v) is 9.25. The quantitative estimate of drug-likeness (QED) is 0.274. The molecule has 136 valence electrons. The summed E-state index contributed by atoms with van der Waals surface area (Å²) in [5, 5.41) is 6.64. The molecule has 0 heterocycles. The van der Waals surface area contributed by atoms with Crippen molar-refractivity contribution < 1.29 is 4.74 Å². The molecule has 0 amide bonds. The maximum atomic E-state index is 5.18. The van der Waals surface area contributed by atoms with E-state index in [1.807, 2.05) is 12.1 Å². The van der Waals surface area contributed by atoms with Crippen molar-refractivity contribution in [3.8, 4) is 5.75 Å². The number of nitrogens with one attached hydrogen (secondary N) is 2. The standard InChI is InChI=1S/C19H25N3OS.HI/c1-4-20-19(21-13-15-5-9-17(23-2)10-6-15)22-14-16-7-11-18(24-3)12-8-16;/h5-12H,4,13-14H2,1-3H3,(H2,20,21,22);1H. The zero-order valence-corrected chi connectivity index (χ0v) is 18.1. The van der Waals surface area contributed by atoms with Crippen LogP contribution in [0.25, 0.3) is 0 Å². The lowest BCUT2D eigenvalue weighted by Crippen LogP contribution is -2.36. The fourth-order valence-electron chi connectivity index (χ4n) is 2.17. The average molecular weight is 471 g/mol. The van der Waals surface area contributed by atoms with E-state index in [9.17, 15) is 0 Å². The molecular formula is C19H26IN3OS. The van der Waals surface area contributed by atoms with Crippen LogP contribution in [0, 0.1) is 0 Å². The fourth-order valence-corrected chi connectivity index (χ4v) is 2.58. The van der Waals surface area contributed by atoms with Gasteiger partial charge in [-0.15, -0.1) is 35.7 Å². The van der Waals surface area contributed by atoms with Gasteiger partial charge in [-0.2, -0.15) is 0 Å². The maximum absolute atomic E-state index is 5.18. The molecule has 6 heteroatoms. The van der Waals surface area contributed by atoms with E-state index in [1.54, 1.807) is 18.9 Å². The lowest BCUT2D eigenvalue weighted by Gasteiger charge is -2.12. The summed E-state index contributed by atoms with van der Waals surface area (Å²) < 4.78 is 5.18. The molecule has 2 rings (SSSR count). The lowest BCUT2D eigenvalue weighted by atomic mass is 10.2. The van der Waals surface area contributed by atoms with Crippen LogP contribution in [-0.2, 0) is 13.1 Å². The largest absolute Gasteiger partial charge is 0.497 e. The van der Waals surface area contributed by atoms with Crippen molar-refractivity contribution in [1.82, 2.24) is 10.6 Å². The minimum atomic E-state index is 0. The summed E-state index contributed by atoms with van der Waals surface area (Å²) in [7, 11) is 1.68. The minimum Gasteiger partial charge on any atom is -0.497 e. The van der Waals surface area contributed by atoms with Crippen molar-refractivity contribution in [2.45, 2.75) is 24.9 Å². The number of benzene rings is 2.